The Morgan fingerprint density at radius 2 is 1.69 bits per heavy atom. The van der Waals surface area contributed by atoms with E-state index in [1.807, 2.05) is 37.3 Å². The molecule has 6 nitrogen and oxygen atoms in total. The lowest BCUT2D eigenvalue weighted by Crippen LogP contribution is -2.35. The molecule has 1 amide bonds. The molecule has 2 aromatic carbocycles. The van der Waals surface area contributed by atoms with Crippen LogP contribution < -0.4 is 5.32 Å². The smallest absolute Gasteiger partial charge is 0.311 e. The molecular formula is C22H27NO5S. The number of ether oxygens (including phenoxy) is 1. The Morgan fingerprint density at radius 1 is 1.03 bits per heavy atom. The average molecular weight is 418 g/mol. The number of carbonyl (C=O) groups is 2. The first-order valence-electron chi connectivity index (χ1n) is 9.58. The van der Waals surface area contributed by atoms with Crippen molar-refractivity contribution in [1.29, 1.82) is 0 Å². The highest BCUT2D eigenvalue weighted by atomic mass is 32.2. The Labute approximate surface area is 172 Å². The largest absolute Gasteiger partial charge is 0.466 e. The van der Waals surface area contributed by atoms with Crippen LogP contribution in [0.3, 0.4) is 0 Å². The maximum atomic E-state index is 12.4. The van der Waals surface area contributed by atoms with Gasteiger partial charge in [0.05, 0.1) is 23.2 Å². The molecule has 7 heteroatoms. The van der Waals surface area contributed by atoms with E-state index in [0.717, 1.165) is 11.1 Å². The number of hydrogen-bond acceptors (Lipinski definition) is 5. The second-order valence-electron chi connectivity index (χ2n) is 6.82. The maximum Gasteiger partial charge on any atom is 0.311 e. The molecule has 0 spiro atoms. The molecular weight excluding hydrogens is 390 g/mol. The van der Waals surface area contributed by atoms with Crippen LogP contribution in [0.15, 0.2) is 59.5 Å². The summed E-state index contributed by atoms with van der Waals surface area (Å²) in [5.74, 6) is -1.62. The van der Waals surface area contributed by atoms with Crippen molar-refractivity contribution in [3.05, 3.63) is 65.7 Å². The summed E-state index contributed by atoms with van der Waals surface area (Å²) < 4.78 is 29.8. The lowest BCUT2D eigenvalue weighted by molar-refractivity contribution is -0.147. The summed E-state index contributed by atoms with van der Waals surface area (Å²) in [6.07, 6.45) is 0.263. The molecule has 0 aliphatic heterocycles. The van der Waals surface area contributed by atoms with Gasteiger partial charge in [0.2, 0.25) is 5.91 Å². The van der Waals surface area contributed by atoms with Crippen LogP contribution in [0.1, 0.15) is 24.5 Å². The Balaban J connectivity index is 1.91. The molecule has 2 rings (SSSR count). The normalized spacial score (nSPS) is 12.2. The quantitative estimate of drug-likeness (QED) is 0.601. The van der Waals surface area contributed by atoms with Crippen molar-refractivity contribution in [2.24, 2.45) is 5.92 Å². The molecule has 0 fully saturated rings. The molecule has 0 saturated heterocycles. The van der Waals surface area contributed by atoms with Crippen molar-refractivity contribution in [2.45, 2.75) is 31.6 Å². The molecule has 0 bridgehead atoms. The summed E-state index contributed by atoms with van der Waals surface area (Å²) in [7, 11) is -3.54. The Bertz CT molecular complexity index is 908. The molecule has 2 aromatic rings. The number of carbonyl (C=O) groups excluding carboxylic acids is 2. The number of nitrogens with one attached hydrogen (secondary N) is 1. The summed E-state index contributed by atoms with van der Waals surface area (Å²) in [5.41, 5.74) is 1.92. The second kappa shape index (κ2) is 10.8. The third kappa shape index (κ3) is 7.34. The van der Waals surface area contributed by atoms with E-state index in [4.69, 9.17) is 4.74 Å². The Hall–Kier alpha value is -2.67. The zero-order chi connectivity index (χ0) is 21.3. The van der Waals surface area contributed by atoms with Gasteiger partial charge in [0, 0.05) is 13.0 Å². The SMILES string of the molecule is CCOC(=O)C(CNC(=O)CCS(=O)(=O)c1ccc(C)cc1)Cc1ccccc1. The first-order valence-corrected chi connectivity index (χ1v) is 11.2. The minimum absolute atomic E-state index is 0.0944. The van der Waals surface area contributed by atoms with E-state index < -0.39 is 21.7 Å². The third-order valence-electron chi connectivity index (χ3n) is 4.47. The van der Waals surface area contributed by atoms with Crippen LogP contribution >= 0.6 is 0 Å². The van der Waals surface area contributed by atoms with Gasteiger partial charge < -0.3 is 10.1 Å². The van der Waals surface area contributed by atoms with E-state index in [9.17, 15) is 18.0 Å². The van der Waals surface area contributed by atoms with Crippen molar-refractivity contribution in [2.75, 3.05) is 18.9 Å². The summed E-state index contributed by atoms with van der Waals surface area (Å²) >= 11 is 0. The van der Waals surface area contributed by atoms with Gasteiger partial charge in [-0.05, 0) is 38.0 Å². The highest BCUT2D eigenvalue weighted by Gasteiger charge is 2.22. The molecule has 0 aromatic heterocycles. The summed E-state index contributed by atoms with van der Waals surface area (Å²) in [5, 5.41) is 2.67. The molecule has 0 saturated carbocycles. The fourth-order valence-electron chi connectivity index (χ4n) is 2.81. The van der Waals surface area contributed by atoms with Gasteiger partial charge in [-0.25, -0.2) is 8.42 Å². The molecule has 0 heterocycles. The number of amides is 1. The van der Waals surface area contributed by atoms with Crippen molar-refractivity contribution in [3.8, 4) is 0 Å². The Morgan fingerprint density at radius 3 is 2.31 bits per heavy atom. The van der Waals surface area contributed by atoms with E-state index in [1.165, 1.54) is 0 Å². The van der Waals surface area contributed by atoms with Gasteiger partial charge in [-0.2, -0.15) is 0 Å². The molecule has 156 valence electrons. The minimum Gasteiger partial charge on any atom is -0.466 e. The number of rotatable bonds is 10. The zero-order valence-electron chi connectivity index (χ0n) is 16.8. The zero-order valence-corrected chi connectivity index (χ0v) is 17.6. The first kappa shape index (κ1) is 22.6. The van der Waals surface area contributed by atoms with Crippen LogP contribution in [-0.4, -0.2) is 39.2 Å². The summed E-state index contributed by atoms with van der Waals surface area (Å²) in [6, 6.07) is 16.0. The topological polar surface area (TPSA) is 89.5 Å². The van der Waals surface area contributed by atoms with Crippen LogP contribution in [0.5, 0.6) is 0 Å². The highest BCUT2D eigenvalue weighted by Crippen LogP contribution is 2.14. The molecule has 1 unspecified atom stereocenters. The lowest BCUT2D eigenvalue weighted by Gasteiger charge is -2.16. The van der Waals surface area contributed by atoms with E-state index >= 15 is 0 Å². The van der Waals surface area contributed by atoms with Gasteiger partial charge >= 0.3 is 5.97 Å². The molecule has 0 aliphatic rings. The third-order valence-corrected chi connectivity index (χ3v) is 6.20. The van der Waals surface area contributed by atoms with Crippen molar-refractivity contribution >= 4 is 21.7 Å². The second-order valence-corrected chi connectivity index (χ2v) is 8.93. The summed E-state index contributed by atoms with van der Waals surface area (Å²) in [6.45, 7) is 3.95. The van der Waals surface area contributed by atoms with E-state index in [-0.39, 0.29) is 36.2 Å². The van der Waals surface area contributed by atoms with Crippen LogP contribution in [0.4, 0.5) is 0 Å². The van der Waals surface area contributed by atoms with Crippen LogP contribution in [0.2, 0.25) is 0 Å². The monoisotopic (exact) mass is 417 g/mol. The van der Waals surface area contributed by atoms with Crippen molar-refractivity contribution in [3.63, 3.8) is 0 Å². The predicted octanol–water partition coefficient (Wildman–Crippen LogP) is 2.70. The number of hydrogen-bond donors (Lipinski definition) is 1. The lowest BCUT2D eigenvalue weighted by atomic mass is 9.99. The van der Waals surface area contributed by atoms with E-state index in [1.54, 1.807) is 31.2 Å². The molecule has 0 radical (unpaired) electrons. The van der Waals surface area contributed by atoms with Crippen LogP contribution in [0, 0.1) is 12.8 Å². The Kier molecular flexibility index (Phi) is 8.39. The fraction of sp³-hybridized carbons (Fsp3) is 0.364. The molecule has 1 atom stereocenters. The molecule has 29 heavy (non-hydrogen) atoms. The van der Waals surface area contributed by atoms with Crippen molar-refractivity contribution < 1.29 is 22.7 Å². The van der Waals surface area contributed by atoms with Gasteiger partial charge in [-0.1, -0.05) is 48.0 Å². The standard InChI is InChI=1S/C22H27NO5S/c1-3-28-22(25)19(15-18-7-5-4-6-8-18)16-23-21(24)13-14-29(26,27)20-11-9-17(2)10-12-20/h4-12,19H,3,13-16H2,1-2H3,(H,23,24). The number of aryl methyl sites for hydroxylation is 1. The number of sulfone groups is 1. The first-order chi connectivity index (χ1) is 13.8. The van der Waals surface area contributed by atoms with Gasteiger partial charge in [-0.3, -0.25) is 9.59 Å². The van der Waals surface area contributed by atoms with Crippen LogP contribution in [-0.2, 0) is 30.6 Å². The molecule has 1 N–H and O–H groups in total. The van der Waals surface area contributed by atoms with Gasteiger partial charge in [0.1, 0.15) is 0 Å². The predicted molar refractivity (Wildman–Crippen MR) is 111 cm³/mol. The van der Waals surface area contributed by atoms with Gasteiger partial charge in [0.25, 0.3) is 0 Å². The number of esters is 1. The molecule has 0 aliphatic carbocycles. The van der Waals surface area contributed by atoms with Gasteiger partial charge in [0.15, 0.2) is 9.84 Å². The van der Waals surface area contributed by atoms with Crippen LogP contribution in [0.25, 0.3) is 0 Å². The highest BCUT2D eigenvalue weighted by molar-refractivity contribution is 7.91. The summed E-state index contributed by atoms with van der Waals surface area (Å²) in [4.78, 5) is 24.6. The van der Waals surface area contributed by atoms with E-state index in [2.05, 4.69) is 5.32 Å². The fourth-order valence-corrected chi connectivity index (χ4v) is 4.05. The average Bonchev–Trinajstić information content (AvgIpc) is 2.71. The van der Waals surface area contributed by atoms with E-state index in [0.29, 0.717) is 6.42 Å². The van der Waals surface area contributed by atoms with Crippen molar-refractivity contribution in [1.82, 2.24) is 5.32 Å². The maximum absolute atomic E-state index is 12.4. The number of benzene rings is 2. The van der Waals surface area contributed by atoms with Gasteiger partial charge in [-0.15, -0.1) is 0 Å². The minimum atomic E-state index is -3.54.